The summed E-state index contributed by atoms with van der Waals surface area (Å²) in [7, 11) is 0. The van der Waals surface area contributed by atoms with Crippen LogP contribution in [0.2, 0.25) is 0 Å². The van der Waals surface area contributed by atoms with Gasteiger partial charge in [0.25, 0.3) is 17.3 Å². The monoisotopic (exact) mass is 615 g/mol. The Bertz CT molecular complexity index is 1610. The Kier molecular flexibility index (Phi) is 8.88. The van der Waals surface area contributed by atoms with Gasteiger partial charge in [0.15, 0.2) is 11.5 Å². The normalized spacial score (nSPS) is 20.4. The smallest absolute Gasteiger partial charge is 0.254 e. The van der Waals surface area contributed by atoms with Crippen LogP contribution < -0.4 is 25.2 Å². The highest BCUT2D eigenvalue weighted by atomic mass is 16.7. The predicted molar refractivity (Wildman–Crippen MR) is 174 cm³/mol. The highest BCUT2D eigenvalue weighted by molar-refractivity contribution is 5.99. The number of anilines is 1. The number of fused-ring (bicyclic) bond motifs is 1. The van der Waals surface area contributed by atoms with Crippen molar-refractivity contribution < 1.29 is 19.0 Å². The van der Waals surface area contributed by atoms with Crippen LogP contribution in [-0.4, -0.2) is 72.5 Å². The van der Waals surface area contributed by atoms with Crippen LogP contribution in [0.25, 0.3) is 11.1 Å². The van der Waals surface area contributed by atoms with Gasteiger partial charge in [-0.15, -0.1) is 0 Å². The lowest BCUT2D eigenvalue weighted by molar-refractivity contribution is -0.151. The number of pyridine rings is 2. The number of nitrogens with one attached hydrogen (secondary N) is 2. The van der Waals surface area contributed by atoms with Crippen molar-refractivity contribution in [2.75, 3.05) is 50.8 Å². The van der Waals surface area contributed by atoms with Gasteiger partial charge in [-0.3, -0.25) is 9.59 Å². The number of ether oxygens (including phenoxy) is 3. The van der Waals surface area contributed by atoms with Crippen LogP contribution in [0.1, 0.15) is 65.9 Å². The first kappa shape index (κ1) is 31.1. The molecule has 0 radical (unpaired) electrons. The summed E-state index contributed by atoms with van der Waals surface area (Å²) in [5.74, 6) is 1.23. The van der Waals surface area contributed by atoms with E-state index in [4.69, 9.17) is 19.2 Å². The molecule has 240 valence electrons. The second kappa shape index (κ2) is 12.8. The van der Waals surface area contributed by atoms with E-state index >= 15 is 0 Å². The molecule has 10 nitrogen and oxygen atoms in total. The summed E-state index contributed by atoms with van der Waals surface area (Å²) < 4.78 is 19.3. The summed E-state index contributed by atoms with van der Waals surface area (Å²) in [5, 5.41) is 2.99. The minimum atomic E-state index is -0.834. The summed E-state index contributed by atoms with van der Waals surface area (Å²) in [6.45, 7) is 16.4. The summed E-state index contributed by atoms with van der Waals surface area (Å²) in [6.07, 6.45) is 4.21. The molecule has 2 saturated heterocycles. The molecule has 3 aliphatic rings. The number of piperazine rings is 1. The van der Waals surface area contributed by atoms with Crippen LogP contribution in [0.3, 0.4) is 0 Å². The standard InChI is InChI=1S/C35H45N5O5/c1-6-35(26-10-16-43-17-11-26)44-31-24(5)27(33(41)37-21-29-22(3)18-23(4)38-34(29)42)19-28(32(31)45-35)25-8-9-30(36-20-25)40-14-12-39(7-2)13-15-40/h8-9,18-20,26H,6-7,10-17,21H2,1-5H3,(H,37,41)(H,38,42). The zero-order chi connectivity index (χ0) is 31.7. The van der Waals surface area contributed by atoms with Crippen molar-refractivity contribution in [3.05, 3.63) is 68.8 Å². The van der Waals surface area contributed by atoms with Crippen molar-refractivity contribution in [1.82, 2.24) is 20.2 Å². The van der Waals surface area contributed by atoms with E-state index in [1.807, 2.05) is 39.1 Å². The predicted octanol–water partition coefficient (Wildman–Crippen LogP) is 4.74. The van der Waals surface area contributed by atoms with Gasteiger partial charge >= 0.3 is 0 Å². The lowest BCUT2D eigenvalue weighted by atomic mass is 9.89. The number of benzene rings is 1. The van der Waals surface area contributed by atoms with Crippen molar-refractivity contribution >= 4 is 11.7 Å². The Morgan fingerprint density at radius 2 is 1.78 bits per heavy atom. The van der Waals surface area contributed by atoms with Crippen LogP contribution in [-0.2, 0) is 11.3 Å². The van der Waals surface area contributed by atoms with Crippen LogP contribution in [0.15, 0.2) is 35.3 Å². The first-order valence-corrected chi connectivity index (χ1v) is 16.3. The van der Waals surface area contributed by atoms with E-state index in [0.29, 0.717) is 47.8 Å². The molecule has 6 rings (SSSR count). The summed E-state index contributed by atoms with van der Waals surface area (Å²) in [5.41, 5.74) is 4.78. The Balaban J connectivity index is 1.35. The van der Waals surface area contributed by atoms with Crippen molar-refractivity contribution in [1.29, 1.82) is 0 Å². The Morgan fingerprint density at radius 1 is 1.04 bits per heavy atom. The number of aryl methyl sites for hydroxylation is 2. The molecule has 10 heteroatoms. The van der Waals surface area contributed by atoms with E-state index in [1.54, 1.807) is 0 Å². The lowest BCUT2D eigenvalue weighted by Gasteiger charge is -2.37. The maximum absolute atomic E-state index is 13.8. The number of carbonyl (C=O) groups is 1. The largest absolute Gasteiger partial charge is 0.448 e. The molecule has 3 aliphatic heterocycles. The van der Waals surface area contributed by atoms with Gasteiger partial charge in [0.2, 0.25) is 0 Å². The molecule has 2 N–H and O–H groups in total. The van der Waals surface area contributed by atoms with E-state index in [0.717, 1.165) is 73.8 Å². The molecule has 45 heavy (non-hydrogen) atoms. The molecule has 0 spiro atoms. The first-order valence-electron chi connectivity index (χ1n) is 16.3. The Labute approximate surface area is 265 Å². The van der Waals surface area contributed by atoms with Gasteiger partial charge in [-0.05, 0) is 70.0 Å². The van der Waals surface area contributed by atoms with Gasteiger partial charge in [-0.25, -0.2) is 4.98 Å². The molecule has 1 unspecified atom stereocenters. The van der Waals surface area contributed by atoms with Crippen LogP contribution in [0.5, 0.6) is 11.5 Å². The lowest BCUT2D eigenvalue weighted by Crippen LogP contribution is -2.47. The highest BCUT2D eigenvalue weighted by Gasteiger charge is 2.49. The first-order chi connectivity index (χ1) is 21.7. The van der Waals surface area contributed by atoms with E-state index in [-0.39, 0.29) is 23.9 Å². The Hall–Kier alpha value is -3.89. The number of hydrogen-bond acceptors (Lipinski definition) is 8. The maximum atomic E-state index is 13.8. The van der Waals surface area contributed by atoms with Gasteiger partial charge in [0.05, 0.1) is 0 Å². The number of amides is 1. The van der Waals surface area contributed by atoms with Crippen LogP contribution in [0, 0.1) is 26.7 Å². The van der Waals surface area contributed by atoms with Crippen molar-refractivity contribution in [3.8, 4) is 22.6 Å². The molecule has 0 saturated carbocycles. The molecule has 0 aliphatic carbocycles. The van der Waals surface area contributed by atoms with E-state index in [2.05, 4.69) is 46.1 Å². The Morgan fingerprint density at radius 3 is 2.42 bits per heavy atom. The molecule has 1 atom stereocenters. The number of H-pyrrole nitrogens is 1. The third kappa shape index (κ3) is 6.05. The molecule has 0 bridgehead atoms. The SMILES string of the molecule is CCN1CCN(c2ccc(-c3cc(C(=O)NCc4c(C)cc(C)[nH]c4=O)c(C)c4c3OC(CC)(C3CCOCC3)O4)cn2)CC1. The number of hydrogen-bond donors (Lipinski definition) is 2. The molecule has 1 aromatic carbocycles. The van der Waals surface area contributed by atoms with Crippen molar-refractivity contribution in [2.45, 2.75) is 66.2 Å². The van der Waals surface area contributed by atoms with Crippen LogP contribution in [0.4, 0.5) is 5.82 Å². The fourth-order valence-electron chi connectivity index (χ4n) is 6.90. The van der Waals surface area contributed by atoms with Gasteiger partial charge in [-0.2, -0.15) is 0 Å². The number of rotatable bonds is 8. The highest BCUT2D eigenvalue weighted by Crippen LogP contribution is 2.53. The number of aromatic nitrogens is 2. The van der Waals surface area contributed by atoms with Crippen molar-refractivity contribution in [2.24, 2.45) is 5.92 Å². The number of nitrogens with zero attached hydrogens (tertiary/aromatic N) is 3. The minimum Gasteiger partial charge on any atom is -0.448 e. The minimum absolute atomic E-state index is 0.117. The molecule has 3 aromatic rings. The van der Waals surface area contributed by atoms with E-state index < -0.39 is 5.79 Å². The molecular weight excluding hydrogens is 570 g/mol. The molecular formula is C35H45N5O5. The fourth-order valence-corrected chi connectivity index (χ4v) is 6.90. The topological polar surface area (TPSA) is 109 Å². The quantitative estimate of drug-likeness (QED) is 0.374. The summed E-state index contributed by atoms with van der Waals surface area (Å²) in [6, 6.07) is 7.90. The van der Waals surface area contributed by atoms with Gasteiger partial charge < -0.3 is 34.3 Å². The van der Waals surface area contributed by atoms with Gasteiger partial charge in [-0.1, -0.05) is 13.8 Å². The second-order valence-electron chi connectivity index (χ2n) is 12.5. The third-order valence-electron chi connectivity index (χ3n) is 9.74. The maximum Gasteiger partial charge on any atom is 0.254 e. The average Bonchev–Trinajstić information content (AvgIpc) is 3.47. The zero-order valence-corrected chi connectivity index (χ0v) is 27.1. The average molecular weight is 616 g/mol. The summed E-state index contributed by atoms with van der Waals surface area (Å²) in [4.78, 5) is 38.9. The summed E-state index contributed by atoms with van der Waals surface area (Å²) >= 11 is 0. The van der Waals surface area contributed by atoms with Crippen LogP contribution >= 0.6 is 0 Å². The number of likely N-dealkylation sites (N-methyl/N-ethyl adjacent to an activating group) is 1. The molecule has 1 amide bonds. The second-order valence-corrected chi connectivity index (χ2v) is 12.5. The number of aromatic amines is 1. The van der Waals surface area contributed by atoms with Gasteiger partial charge in [0.1, 0.15) is 5.82 Å². The van der Waals surface area contributed by atoms with E-state index in [1.165, 1.54) is 0 Å². The van der Waals surface area contributed by atoms with Gasteiger partial charge in [0, 0.05) is 98.0 Å². The molecule has 5 heterocycles. The number of carbonyl (C=O) groups excluding carboxylic acids is 1. The van der Waals surface area contributed by atoms with Crippen molar-refractivity contribution in [3.63, 3.8) is 0 Å². The zero-order valence-electron chi connectivity index (χ0n) is 27.1. The fraction of sp³-hybridized carbons (Fsp3) is 0.514. The third-order valence-corrected chi connectivity index (χ3v) is 9.74. The molecule has 2 fully saturated rings. The van der Waals surface area contributed by atoms with E-state index in [9.17, 15) is 9.59 Å². The molecule has 2 aromatic heterocycles.